The van der Waals surface area contributed by atoms with Gasteiger partial charge in [0.05, 0.1) is 34.8 Å². The molecule has 0 aliphatic rings. The van der Waals surface area contributed by atoms with E-state index in [-0.39, 0.29) is 29.0 Å². The number of halogens is 7. The van der Waals surface area contributed by atoms with Crippen LogP contribution in [0.5, 0.6) is 0 Å². The van der Waals surface area contributed by atoms with Crippen molar-refractivity contribution >= 4 is 41.9 Å². The molecule has 0 aromatic heterocycles. The number of carboxylic acid groups (broad SMARTS) is 1. The Morgan fingerprint density at radius 2 is 1.32 bits per heavy atom. The summed E-state index contributed by atoms with van der Waals surface area (Å²) in [6.07, 6.45) is -3.29. The molecule has 4 aromatic carbocycles. The van der Waals surface area contributed by atoms with Crippen molar-refractivity contribution in [1.29, 1.82) is 0 Å². The summed E-state index contributed by atoms with van der Waals surface area (Å²) in [5.74, 6) is -1.20. The average Bonchev–Trinajstić information content (AvgIpc) is 3.10. The Hall–Kier alpha value is -4.42. The molecule has 1 atom stereocenters. The fraction of sp³-hybridized carbons (Fsp3) is 0.293. The molecule has 282 valence electrons. The predicted octanol–water partition coefficient (Wildman–Crippen LogP) is 10.4. The lowest BCUT2D eigenvalue weighted by atomic mass is 9.84. The van der Waals surface area contributed by atoms with Crippen LogP contribution >= 0.6 is 11.6 Å². The highest BCUT2D eigenvalue weighted by molar-refractivity contribution is 6.35. The Bertz CT molecular complexity index is 1970. The number of aliphatic hydroxyl groups excluding tert-OH is 1. The number of ether oxygens (including phenoxy) is 1. The van der Waals surface area contributed by atoms with Gasteiger partial charge in [0.2, 0.25) is 0 Å². The molecule has 0 unspecified atom stereocenters. The van der Waals surface area contributed by atoms with Gasteiger partial charge in [0.15, 0.2) is 0 Å². The lowest BCUT2D eigenvalue weighted by Crippen LogP contribution is -2.32. The van der Waals surface area contributed by atoms with Crippen LogP contribution in [-0.2, 0) is 34.8 Å². The Balaban J connectivity index is 1.66. The number of hydrogen-bond donors (Lipinski definition) is 3. The fourth-order valence-corrected chi connectivity index (χ4v) is 6.03. The van der Waals surface area contributed by atoms with E-state index < -0.39 is 41.5 Å². The van der Waals surface area contributed by atoms with Crippen LogP contribution in [0.3, 0.4) is 0 Å². The summed E-state index contributed by atoms with van der Waals surface area (Å²) in [4.78, 5) is 11.6. The van der Waals surface area contributed by atoms with Crippen LogP contribution in [-0.4, -0.2) is 43.1 Å². The second kappa shape index (κ2) is 17.6. The van der Waals surface area contributed by atoms with Gasteiger partial charge in [-0.05, 0) is 89.4 Å². The van der Waals surface area contributed by atoms with Crippen molar-refractivity contribution in [2.24, 2.45) is 5.41 Å². The molecule has 4 aromatic rings. The number of rotatable bonds is 15. The van der Waals surface area contributed by atoms with Gasteiger partial charge >= 0.3 is 18.3 Å². The first-order chi connectivity index (χ1) is 25.0. The van der Waals surface area contributed by atoms with E-state index in [1.807, 2.05) is 0 Å². The maximum atomic E-state index is 14.0. The van der Waals surface area contributed by atoms with Gasteiger partial charge in [-0.25, -0.2) is 0 Å². The van der Waals surface area contributed by atoms with Crippen LogP contribution in [0, 0.1) is 12.3 Å². The highest BCUT2D eigenvalue weighted by Gasteiger charge is 2.35. The first-order valence-electron chi connectivity index (χ1n) is 16.7. The van der Waals surface area contributed by atoms with Gasteiger partial charge in [-0.3, -0.25) is 4.79 Å². The number of carboxylic acids is 1. The third kappa shape index (κ3) is 10.6. The Morgan fingerprint density at radius 3 is 1.89 bits per heavy atom. The van der Waals surface area contributed by atoms with E-state index in [0.29, 0.717) is 58.6 Å². The first-order valence-corrected chi connectivity index (χ1v) is 17.0. The maximum absolute atomic E-state index is 14.0. The van der Waals surface area contributed by atoms with E-state index in [4.69, 9.17) is 16.3 Å². The number of nitrogens with one attached hydrogen (secondary N) is 1. The smallest absolute Gasteiger partial charge is 0.416 e. The third-order valence-electron chi connectivity index (χ3n) is 9.06. The molecule has 0 aliphatic carbocycles. The average molecular weight is 760 g/mol. The van der Waals surface area contributed by atoms with Gasteiger partial charge in [0.25, 0.3) is 0 Å². The van der Waals surface area contributed by atoms with Crippen molar-refractivity contribution in [3.8, 4) is 11.1 Å². The summed E-state index contributed by atoms with van der Waals surface area (Å²) in [6.45, 7) is 3.89. The molecule has 0 aliphatic heterocycles. The maximum Gasteiger partial charge on any atom is 0.416 e. The Labute approximate surface area is 309 Å². The zero-order valence-electron chi connectivity index (χ0n) is 29.3. The van der Waals surface area contributed by atoms with E-state index in [1.165, 1.54) is 49.4 Å². The molecule has 3 N–H and O–H groups in total. The quantitative estimate of drug-likeness (QED) is 0.0639. The van der Waals surface area contributed by atoms with Crippen molar-refractivity contribution in [1.82, 2.24) is 5.32 Å². The van der Waals surface area contributed by atoms with Gasteiger partial charge < -0.3 is 20.3 Å². The molecular formula is C41H40ClF6NO4. The highest BCUT2D eigenvalue weighted by atomic mass is 35.5. The van der Waals surface area contributed by atoms with Crippen LogP contribution in [0.25, 0.3) is 35.4 Å². The topological polar surface area (TPSA) is 78.8 Å². The molecule has 0 amide bonds. The highest BCUT2D eigenvalue weighted by Crippen LogP contribution is 2.38. The minimum absolute atomic E-state index is 0.0200. The number of alkyl halides is 6. The zero-order chi connectivity index (χ0) is 39.0. The van der Waals surface area contributed by atoms with Crippen LogP contribution in [0.4, 0.5) is 26.3 Å². The summed E-state index contributed by atoms with van der Waals surface area (Å²) in [5, 5.41) is 22.4. The number of methoxy groups -OCH3 is 1. The van der Waals surface area contributed by atoms with Crippen LogP contribution in [0.2, 0.25) is 5.02 Å². The molecule has 0 saturated heterocycles. The van der Waals surface area contributed by atoms with Crippen molar-refractivity contribution in [3.63, 3.8) is 0 Å². The summed E-state index contributed by atoms with van der Waals surface area (Å²) in [6, 6.07) is 18.0. The number of aryl methyl sites for hydroxylation is 1. The first kappa shape index (κ1) is 41.3. The number of aliphatic carboxylic acids is 1. The minimum Gasteiger partial charge on any atom is -0.481 e. The summed E-state index contributed by atoms with van der Waals surface area (Å²) in [7, 11) is 1.56. The Morgan fingerprint density at radius 1 is 0.792 bits per heavy atom. The minimum atomic E-state index is -4.65. The molecule has 0 fully saturated rings. The van der Waals surface area contributed by atoms with E-state index in [9.17, 15) is 41.4 Å². The van der Waals surface area contributed by atoms with Crippen LogP contribution in [0.1, 0.15) is 63.4 Å². The summed E-state index contributed by atoms with van der Waals surface area (Å²) in [5.41, 5.74) is 0.924. The number of carbonyl (C=O) groups is 1. The molecule has 4 rings (SSSR count). The molecule has 0 spiro atoms. The van der Waals surface area contributed by atoms with Gasteiger partial charge in [0.1, 0.15) is 0 Å². The van der Waals surface area contributed by atoms with E-state index in [1.54, 1.807) is 56.5 Å². The number of aliphatic hydroxyl groups is 1. The van der Waals surface area contributed by atoms with Gasteiger partial charge in [-0.1, -0.05) is 90.5 Å². The monoisotopic (exact) mass is 759 g/mol. The predicted molar refractivity (Wildman–Crippen MR) is 197 cm³/mol. The van der Waals surface area contributed by atoms with E-state index >= 15 is 0 Å². The fourth-order valence-electron chi connectivity index (χ4n) is 5.73. The van der Waals surface area contributed by atoms with Crippen molar-refractivity contribution in [3.05, 3.63) is 128 Å². The van der Waals surface area contributed by atoms with Crippen molar-refractivity contribution in [2.45, 2.75) is 45.6 Å². The normalized spacial score (nSPS) is 13.6. The second-order valence-electron chi connectivity index (χ2n) is 12.9. The molecular weight excluding hydrogens is 720 g/mol. The molecule has 0 heterocycles. The van der Waals surface area contributed by atoms with E-state index in [0.717, 1.165) is 12.1 Å². The van der Waals surface area contributed by atoms with Crippen molar-refractivity contribution < 1.29 is 46.1 Å². The molecule has 5 nitrogen and oxygen atoms in total. The number of hydrogen-bond acceptors (Lipinski definition) is 4. The number of benzene rings is 4. The van der Waals surface area contributed by atoms with Crippen LogP contribution < -0.4 is 5.32 Å². The summed E-state index contributed by atoms with van der Waals surface area (Å²) >= 11 is 6.86. The molecule has 53 heavy (non-hydrogen) atoms. The van der Waals surface area contributed by atoms with E-state index in [2.05, 4.69) is 5.32 Å². The lowest BCUT2D eigenvalue weighted by Gasteiger charge is -2.22. The zero-order valence-corrected chi connectivity index (χ0v) is 30.1. The molecule has 0 saturated carbocycles. The Kier molecular flexibility index (Phi) is 13.7. The van der Waals surface area contributed by atoms with Crippen molar-refractivity contribution in [2.75, 3.05) is 26.9 Å². The lowest BCUT2D eigenvalue weighted by molar-refractivity contribution is -0.150. The van der Waals surface area contributed by atoms with Gasteiger partial charge in [-0.15, -0.1) is 0 Å². The molecule has 12 heteroatoms. The molecule has 0 radical (unpaired) electrons. The second-order valence-corrected chi connectivity index (χ2v) is 13.3. The third-order valence-corrected chi connectivity index (χ3v) is 9.49. The SMILES string of the molecule is COCCNCc1ccc(C(F)(F)F)c(/C=C/c2cccc(-c3cccc(/C=C/c4cc(CC[C@@](C)(CO)C(=O)O)ccc4C(F)(F)F)c3C)c2Cl)c1. The largest absolute Gasteiger partial charge is 0.481 e. The van der Waals surface area contributed by atoms with Gasteiger partial charge in [-0.2, -0.15) is 26.3 Å². The van der Waals surface area contributed by atoms with Crippen LogP contribution in [0.15, 0.2) is 72.8 Å². The molecule has 0 bridgehead atoms. The van der Waals surface area contributed by atoms with Gasteiger partial charge in [0, 0.05) is 25.8 Å². The standard InChI is InChI=1S/C41H40ClF6NO4/c1-26-29(12-14-31-22-27(10-16-35(31)40(43,44)45)18-19-39(2,25-50)38(51)52)6-4-8-33(26)34-9-5-7-30(37(34)42)13-15-32-23-28(24-49-20-21-53-3)11-17-36(32)41(46,47)48/h4-17,22-23,49-50H,18-21,24-25H2,1-3H3,(H,51,52)/b14-12+,15-13+/t39-/m0/s1. The summed E-state index contributed by atoms with van der Waals surface area (Å²) < 4.78 is 88.8.